The Kier molecular flexibility index (Phi) is 5.09. The van der Waals surface area contributed by atoms with Crippen molar-refractivity contribution in [3.8, 4) is 11.5 Å². The van der Waals surface area contributed by atoms with Crippen molar-refractivity contribution in [3.63, 3.8) is 0 Å². The highest BCUT2D eigenvalue weighted by atomic mass is 16.5. The van der Waals surface area contributed by atoms with Crippen LogP contribution in [0.2, 0.25) is 0 Å². The standard InChI is InChI=1S/C15H21NO2/c1-17-14-8-2-3-9-15(14)18-13-7-6-12-16-10-4-5-11-16/h2-3,6-9H,4-5,10-13H2,1H3/b7-6+. The molecule has 0 aliphatic carbocycles. The third kappa shape index (κ3) is 3.77. The summed E-state index contributed by atoms with van der Waals surface area (Å²) < 4.78 is 10.9. The zero-order valence-electron chi connectivity index (χ0n) is 11.0. The van der Waals surface area contributed by atoms with Gasteiger partial charge in [0.15, 0.2) is 11.5 Å². The Labute approximate surface area is 109 Å². The number of benzene rings is 1. The maximum absolute atomic E-state index is 5.66. The molecule has 0 bridgehead atoms. The summed E-state index contributed by atoms with van der Waals surface area (Å²) in [5.74, 6) is 1.58. The summed E-state index contributed by atoms with van der Waals surface area (Å²) in [6.45, 7) is 4.10. The molecule has 0 radical (unpaired) electrons. The molecule has 18 heavy (non-hydrogen) atoms. The van der Waals surface area contributed by atoms with E-state index in [1.165, 1.54) is 25.9 Å². The van der Waals surface area contributed by atoms with Crippen molar-refractivity contribution in [1.29, 1.82) is 0 Å². The van der Waals surface area contributed by atoms with Crippen LogP contribution in [0.5, 0.6) is 11.5 Å². The van der Waals surface area contributed by atoms with E-state index in [4.69, 9.17) is 9.47 Å². The number of para-hydroxylation sites is 2. The van der Waals surface area contributed by atoms with Gasteiger partial charge in [-0.1, -0.05) is 24.3 Å². The Balaban J connectivity index is 1.72. The Bertz CT molecular complexity index is 384. The van der Waals surface area contributed by atoms with Crippen LogP contribution >= 0.6 is 0 Å². The molecule has 1 saturated heterocycles. The Morgan fingerprint density at radius 3 is 2.56 bits per heavy atom. The van der Waals surface area contributed by atoms with Crippen LogP contribution < -0.4 is 9.47 Å². The second-order valence-electron chi connectivity index (χ2n) is 4.44. The van der Waals surface area contributed by atoms with E-state index in [-0.39, 0.29) is 0 Å². The molecule has 98 valence electrons. The van der Waals surface area contributed by atoms with Crippen LogP contribution in [0.3, 0.4) is 0 Å². The fourth-order valence-electron chi connectivity index (χ4n) is 2.13. The van der Waals surface area contributed by atoms with Gasteiger partial charge >= 0.3 is 0 Å². The van der Waals surface area contributed by atoms with Gasteiger partial charge < -0.3 is 9.47 Å². The minimum atomic E-state index is 0.591. The smallest absolute Gasteiger partial charge is 0.161 e. The lowest BCUT2D eigenvalue weighted by Crippen LogP contribution is -2.18. The van der Waals surface area contributed by atoms with Crippen molar-refractivity contribution in [2.24, 2.45) is 0 Å². The minimum absolute atomic E-state index is 0.591. The summed E-state index contributed by atoms with van der Waals surface area (Å²) in [4.78, 5) is 2.46. The van der Waals surface area contributed by atoms with Crippen LogP contribution in [0.15, 0.2) is 36.4 Å². The molecule has 1 aliphatic heterocycles. The zero-order chi connectivity index (χ0) is 12.6. The highest BCUT2D eigenvalue weighted by molar-refractivity contribution is 5.39. The third-order valence-electron chi connectivity index (χ3n) is 3.13. The molecular formula is C15H21NO2. The van der Waals surface area contributed by atoms with E-state index in [2.05, 4.69) is 17.1 Å². The Morgan fingerprint density at radius 1 is 1.11 bits per heavy atom. The van der Waals surface area contributed by atoms with Gasteiger partial charge in [0, 0.05) is 6.54 Å². The maximum atomic E-state index is 5.66. The number of likely N-dealkylation sites (tertiary alicyclic amines) is 1. The van der Waals surface area contributed by atoms with Crippen LogP contribution in [-0.2, 0) is 0 Å². The summed E-state index contributed by atoms with van der Waals surface area (Å²) in [6.07, 6.45) is 6.93. The molecule has 0 spiro atoms. The van der Waals surface area contributed by atoms with Crippen molar-refractivity contribution in [2.75, 3.05) is 33.4 Å². The zero-order valence-corrected chi connectivity index (χ0v) is 11.0. The monoisotopic (exact) mass is 247 g/mol. The van der Waals surface area contributed by atoms with Gasteiger partial charge in [-0.15, -0.1) is 0 Å². The molecule has 0 amide bonds. The molecule has 0 unspecified atom stereocenters. The van der Waals surface area contributed by atoms with Crippen LogP contribution in [0.25, 0.3) is 0 Å². The van der Waals surface area contributed by atoms with Crippen LogP contribution in [0.4, 0.5) is 0 Å². The largest absolute Gasteiger partial charge is 0.493 e. The Hall–Kier alpha value is -1.48. The second-order valence-corrected chi connectivity index (χ2v) is 4.44. The molecule has 0 atom stereocenters. The Morgan fingerprint density at radius 2 is 1.83 bits per heavy atom. The predicted octanol–water partition coefficient (Wildman–Crippen LogP) is 2.73. The summed E-state index contributed by atoms with van der Waals surface area (Å²) in [5, 5.41) is 0. The molecule has 0 aromatic heterocycles. The van der Waals surface area contributed by atoms with Gasteiger partial charge in [0.05, 0.1) is 7.11 Å². The van der Waals surface area contributed by atoms with E-state index in [1.54, 1.807) is 7.11 Å². The number of hydrogen-bond acceptors (Lipinski definition) is 3. The first-order valence-electron chi connectivity index (χ1n) is 6.53. The normalized spacial score (nSPS) is 16.3. The van der Waals surface area contributed by atoms with Gasteiger partial charge in [-0.25, -0.2) is 0 Å². The van der Waals surface area contributed by atoms with E-state index in [9.17, 15) is 0 Å². The van der Waals surface area contributed by atoms with E-state index in [0.29, 0.717) is 6.61 Å². The maximum Gasteiger partial charge on any atom is 0.161 e. The lowest BCUT2D eigenvalue weighted by atomic mass is 10.3. The molecule has 2 rings (SSSR count). The lowest BCUT2D eigenvalue weighted by Gasteiger charge is -2.11. The fourth-order valence-corrected chi connectivity index (χ4v) is 2.13. The molecule has 0 saturated carbocycles. The first kappa shape index (κ1) is 13.0. The van der Waals surface area contributed by atoms with E-state index < -0.39 is 0 Å². The molecule has 0 N–H and O–H groups in total. The lowest BCUT2D eigenvalue weighted by molar-refractivity contribution is 0.325. The van der Waals surface area contributed by atoms with Crippen molar-refractivity contribution in [3.05, 3.63) is 36.4 Å². The average Bonchev–Trinajstić information content (AvgIpc) is 2.92. The first-order chi connectivity index (χ1) is 8.90. The summed E-state index contributed by atoms with van der Waals surface area (Å²) in [7, 11) is 1.66. The number of ether oxygens (including phenoxy) is 2. The number of nitrogens with zero attached hydrogens (tertiary/aromatic N) is 1. The van der Waals surface area contributed by atoms with Crippen LogP contribution in [-0.4, -0.2) is 38.3 Å². The fraction of sp³-hybridized carbons (Fsp3) is 0.467. The SMILES string of the molecule is COc1ccccc1OC/C=C/CN1CCCC1. The summed E-state index contributed by atoms with van der Waals surface area (Å²) in [5.41, 5.74) is 0. The van der Waals surface area contributed by atoms with E-state index in [1.807, 2.05) is 24.3 Å². The molecule has 1 heterocycles. The van der Waals surface area contributed by atoms with Gasteiger partial charge in [0.2, 0.25) is 0 Å². The van der Waals surface area contributed by atoms with Crippen molar-refractivity contribution in [1.82, 2.24) is 4.90 Å². The van der Waals surface area contributed by atoms with E-state index in [0.717, 1.165) is 18.0 Å². The molecule has 3 heteroatoms. The van der Waals surface area contributed by atoms with Crippen LogP contribution in [0.1, 0.15) is 12.8 Å². The van der Waals surface area contributed by atoms with Gasteiger partial charge in [-0.2, -0.15) is 0 Å². The number of hydrogen-bond donors (Lipinski definition) is 0. The van der Waals surface area contributed by atoms with Crippen molar-refractivity contribution < 1.29 is 9.47 Å². The van der Waals surface area contributed by atoms with Crippen molar-refractivity contribution in [2.45, 2.75) is 12.8 Å². The molecule has 1 fully saturated rings. The third-order valence-corrected chi connectivity index (χ3v) is 3.13. The summed E-state index contributed by atoms with van der Waals surface area (Å²) >= 11 is 0. The molecule has 3 nitrogen and oxygen atoms in total. The quantitative estimate of drug-likeness (QED) is 0.721. The summed E-state index contributed by atoms with van der Waals surface area (Å²) in [6, 6.07) is 7.72. The highest BCUT2D eigenvalue weighted by Crippen LogP contribution is 2.25. The second kappa shape index (κ2) is 7.07. The number of methoxy groups -OCH3 is 1. The van der Waals surface area contributed by atoms with Crippen LogP contribution in [0, 0.1) is 0 Å². The van der Waals surface area contributed by atoms with Gasteiger partial charge in [0.1, 0.15) is 6.61 Å². The van der Waals surface area contributed by atoms with Gasteiger partial charge in [0.25, 0.3) is 0 Å². The predicted molar refractivity (Wildman–Crippen MR) is 73.3 cm³/mol. The van der Waals surface area contributed by atoms with Gasteiger partial charge in [-0.3, -0.25) is 4.90 Å². The van der Waals surface area contributed by atoms with Gasteiger partial charge in [-0.05, 0) is 38.1 Å². The highest BCUT2D eigenvalue weighted by Gasteiger charge is 2.08. The van der Waals surface area contributed by atoms with E-state index >= 15 is 0 Å². The average molecular weight is 247 g/mol. The first-order valence-corrected chi connectivity index (χ1v) is 6.53. The topological polar surface area (TPSA) is 21.7 Å². The molecular weight excluding hydrogens is 226 g/mol. The molecule has 1 aliphatic rings. The number of rotatable bonds is 6. The minimum Gasteiger partial charge on any atom is -0.493 e. The molecule has 1 aromatic rings. The molecule has 1 aromatic carbocycles. The van der Waals surface area contributed by atoms with Crippen molar-refractivity contribution >= 4 is 0 Å².